The number of benzene rings is 3. The first-order chi connectivity index (χ1) is 18.7. The van der Waals surface area contributed by atoms with E-state index in [9.17, 15) is 14.4 Å². The predicted octanol–water partition coefficient (Wildman–Crippen LogP) is 5.11. The van der Waals surface area contributed by atoms with Crippen LogP contribution in [0.1, 0.15) is 43.9 Å². The van der Waals surface area contributed by atoms with E-state index in [2.05, 4.69) is 5.32 Å². The molecule has 0 spiro atoms. The maximum atomic E-state index is 13.8. The third kappa shape index (κ3) is 8.18. The van der Waals surface area contributed by atoms with Crippen LogP contribution in [0.2, 0.25) is 0 Å². The lowest BCUT2D eigenvalue weighted by Crippen LogP contribution is -2.53. The van der Waals surface area contributed by atoms with Gasteiger partial charge in [0.25, 0.3) is 0 Å². The van der Waals surface area contributed by atoms with Crippen LogP contribution in [0.5, 0.6) is 5.75 Å². The molecule has 0 saturated carbocycles. The smallest absolute Gasteiger partial charge is 0.408 e. The summed E-state index contributed by atoms with van der Waals surface area (Å²) in [4.78, 5) is 40.9. The number of rotatable bonds is 9. The summed E-state index contributed by atoms with van der Waals surface area (Å²) in [5.41, 5.74) is 2.19. The summed E-state index contributed by atoms with van der Waals surface area (Å²) in [6.45, 7) is 6.09. The Labute approximate surface area is 230 Å². The molecule has 4 rings (SSSR count). The van der Waals surface area contributed by atoms with E-state index in [1.165, 1.54) is 0 Å². The fraction of sp³-hybridized carbons (Fsp3) is 0.344. The van der Waals surface area contributed by atoms with Crippen molar-refractivity contribution in [2.45, 2.75) is 64.3 Å². The molecule has 1 aliphatic heterocycles. The second-order valence-corrected chi connectivity index (χ2v) is 10.8. The van der Waals surface area contributed by atoms with Gasteiger partial charge in [-0.2, -0.15) is 0 Å². The Kier molecular flexibility index (Phi) is 9.02. The predicted molar refractivity (Wildman–Crippen MR) is 149 cm³/mol. The highest BCUT2D eigenvalue weighted by molar-refractivity contribution is 5.95. The second kappa shape index (κ2) is 12.6. The molecule has 7 heteroatoms. The molecule has 0 radical (unpaired) electrons. The highest BCUT2D eigenvalue weighted by atomic mass is 16.6. The fourth-order valence-corrected chi connectivity index (χ4v) is 4.60. The lowest BCUT2D eigenvalue weighted by atomic mass is 10.0. The van der Waals surface area contributed by atoms with Crippen LogP contribution >= 0.6 is 0 Å². The average molecular weight is 529 g/mol. The zero-order valence-electron chi connectivity index (χ0n) is 22.8. The molecule has 0 aliphatic carbocycles. The summed E-state index contributed by atoms with van der Waals surface area (Å²) in [6.07, 6.45) is 0.321. The minimum atomic E-state index is -0.889. The van der Waals surface area contributed by atoms with E-state index in [0.29, 0.717) is 31.7 Å². The van der Waals surface area contributed by atoms with Crippen molar-refractivity contribution in [3.05, 3.63) is 102 Å². The maximum absolute atomic E-state index is 13.8. The molecule has 1 heterocycles. The molecule has 204 valence electrons. The number of carbonyl (C=O) groups is 3. The first kappa shape index (κ1) is 27.9. The minimum Gasteiger partial charge on any atom is -0.489 e. The van der Waals surface area contributed by atoms with Gasteiger partial charge in [-0.25, -0.2) is 4.79 Å². The van der Waals surface area contributed by atoms with Crippen molar-refractivity contribution in [3.63, 3.8) is 0 Å². The first-order valence-electron chi connectivity index (χ1n) is 13.3. The molecule has 1 fully saturated rings. The summed E-state index contributed by atoms with van der Waals surface area (Å²) in [7, 11) is 0. The van der Waals surface area contributed by atoms with E-state index < -0.39 is 23.8 Å². The fourth-order valence-electron chi connectivity index (χ4n) is 4.60. The van der Waals surface area contributed by atoms with E-state index in [1.807, 2.05) is 84.9 Å². The van der Waals surface area contributed by atoms with Crippen LogP contribution in [0.15, 0.2) is 84.9 Å². The number of hydrogen-bond donors (Lipinski definition) is 1. The van der Waals surface area contributed by atoms with E-state index in [-0.39, 0.29) is 18.1 Å². The van der Waals surface area contributed by atoms with Crippen molar-refractivity contribution in [1.82, 2.24) is 10.2 Å². The van der Waals surface area contributed by atoms with Crippen LogP contribution in [-0.2, 0) is 33.8 Å². The number of hydrogen-bond acceptors (Lipinski definition) is 5. The molecule has 2 amide bonds. The number of likely N-dealkylation sites (tertiary alicyclic amines) is 1. The van der Waals surface area contributed by atoms with Gasteiger partial charge in [0.05, 0.1) is 6.04 Å². The molecule has 3 aromatic rings. The number of nitrogens with one attached hydrogen (secondary N) is 1. The molecular formula is C32H36N2O5. The number of nitrogens with zero attached hydrogens (tertiary/aromatic N) is 1. The molecule has 1 aliphatic rings. The zero-order chi connectivity index (χ0) is 27.8. The maximum Gasteiger partial charge on any atom is 0.408 e. The number of Topliss-reactive ketones (excluding diaryl/α,β-unsaturated/α-hetero) is 1. The van der Waals surface area contributed by atoms with Crippen LogP contribution < -0.4 is 10.1 Å². The summed E-state index contributed by atoms with van der Waals surface area (Å²) >= 11 is 0. The Morgan fingerprint density at radius 1 is 0.897 bits per heavy atom. The number of ketones is 1. The van der Waals surface area contributed by atoms with Crippen LogP contribution in [0.4, 0.5) is 4.79 Å². The molecule has 1 N–H and O–H groups in total. The normalized spacial score (nSPS) is 16.0. The van der Waals surface area contributed by atoms with Crippen LogP contribution in [0.25, 0.3) is 0 Å². The molecule has 0 unspecified atom stereocenters. The molecule has 0 bridgehead atoms. The van der Waals surface area contributed by atoms with Crippen molar-refractivity contribution < 1.29 is 23.9 Å². The zero-order valence-corrected chi connectivity index (χ0v) is 22.8. The summed E-state index contributed by atoms with van der Waals surface area (Å²) in [5.74, 6) is 0.443. The molecule has 39 heavy (non-hydrogen) atoms. The molecule has 7 nitrogen and oxygen atoms in total. The van der Waals surface area contributed by atoms with Crippen molar-refractivity contribution in [2.75, 3.05) is 6.54 Å². The standard InChI is InChI=1S/C32H36N2O5/c1-32(2,3)39-31(37)33-27(20-24-14-16-26(17-15-24)38-22-25-12-8-5-9-13-25)30(36)34-19-18-29(35)28(34)21-23-10-6-4-7-11-23/h4-17,27-28H,18-22H2,1-3H3,(H,33,37)/t27-,28-/m0/s1. The third-order valence-corrected chi connectivity index (χ3v) is 6.50. The van der Waals surface area contributed by atoms with Gasteiger partial charge in [-0.15, -0.1) is 0 Å². The van der Waals surface area contributed by atoms with E-state index in [4.69, 9.17) is 9.47 Å². The van der Waals surface area contributed by atoms with Gasteiger partial charge in [0.2, 0.25) is 5.91 Å². The van der Waals surface area contributed by atoms with Gasteiger partial charge in [0.1, 0.15) is 24.0 Å². The SMILES string of the molecule is CC(C)(C)OC(=O)N[C@@H](Cc1ccc(OCc2ccccc2)cc1)C(=O)N1CCC(=O)[C@@H]1Cc1ccccc1. The largest absolute Gasteiger partial charge is 0.489 e. The summed E-state index contributed by atoms with van der Waals surface area (Å²) in [6, 6.07) is 25.6. The summed E-state index contributed by atoms with van der Waals surface area (Å²) in [5, 5.41) is 2.76. The minimum absolute atomic E-state index is 0.0307. The lowest BCUT2D eigenvalue weighted by molar-refractivity contribution is -0.136. The second-order valence-electron chi connectivity index (χ2n) is 10.8. The van der Waals surface area contributed by atoms with Crippen LogP contribution in [0, 0.1) is 0 Å². The highest BCUT2D eigenvalue weighted by Gasteiger charge is 2.39. The molecule has 3 aromatic carbocycles. The van der Waals surface area contributed by atoms with Crippen LogP contribution in [-0.4, -0.2) is 46.9 Å². The van der Waals surface area contributed by atoms with Gasteiger partial charge in [-0.1, -0.05) is 72.8 Å². The Morgan fingerprint density at radius 2 is 1.51 bits per heavy atom. The Morgan fingerprint density at radius 3 is 2.13 bits per heavy atom. The number of amides is 2. The van der Waals surface area contributed by atoms with E-state index in [0.717, 1.165) is 16.7 Å². The van der Waals surface area contributed by atoms with Gasteiger partial charge < -0.3 is 19.7 Å². The Bertz CT molecular complexity index is 1250. The van der Waals surface area contributed by atoms with Crippen molar-refractivity contribution in [2.24, 2.45) is 0 Å². The van der Waals surface area contributed by atoms with E-state index in [1.54, 1.807) is 25.7 Å². The van der Waals surface area contributed by atoms with Gasteiger partial charge in [-0.05, 0) is 56.0 Å². The first-order valence-corrected chi connectivity index (χ1v) is 13.3. The number of ether oxygens (including phenoxy) is 2. The Hall–Kier alpha value is -4.13. The third-order valence-electron chi connectivity index (χ3n) is 6.50. The lowest BCUT2D eigenvalue weighted by Gasteiger charge is -2.29. The van der Waals surface area contributed by atoms with Gasteiger partial charge in [-0.3, -0.25) is 9.59 Å². The molecule has 0 aromatic heterocycles. The Balaban J connectivity index is 1.48. The average Bonchev–Trinajstić information content (AvgIpc) is 3.27. The van der Waals surface area contributed by atoms with Crippen molar-refractivity contribution >= 4 is 17.8 Å². The quantitative estimate of drug-likeness (QED) is 0.417. The molecular weight excluding hydrogens is 492 g/mol. The van der Waals surface area contributed by atoms with Crippen molar-refractivity contribution in [1.29, 1.82) is 0 Å². The van der Waals surface area contributed by atoms with Gasteiger partial charge in [0.15, 0.2) is 5.78 Å². The topological polar surface area (TPSA) is 84.9 Å². The monoisotopic (exact) mass is 528 g/mol. The van der Waals surface area contributed by atoms with Gasteiger partial charge >= 0.3 is 6.09 Å². The van der Waals surface area contributed by atoms with Crippen molar-refractivity contribution in [3.8, 4) is 5.75 Å². The number of alkyl carbamates (subject to hydrolysis) is 1. The van der Waals surface area contributed by atoms with Gasteiger partial charge in [0, 0.05) is 19.4 Å². The van der Waals surface area contributed by atoms with Crippen LogP contribution in [0.3, 0.4) is 0 Å². The van der Waals surface area contributed by atoms with E-state index >= 15 is 0 Å². The highest BCUT2D eigenvalue weighted by Crippen LogP contribution is 2.22. The summed E-state index contributed by atoms with van der Waals surface area (Å²) < 4.78 is 11.3. The number of carbonyl (C=O) groups excluding carboxylic acids is 3. The molecule has 2 atom stereocenters. The molecule has 1 saturated heterocycles.